The Morgan fingerprint density at radius 2 is 1.24 bits per heavy atom. The zero-order chi connectivity index (χ0) is 16.2. The first kappa shape index (κ1) is 16.4. The van der Waals surface area contributed by atoms with Gasteiger partial charge < -0.3 is 9.47 Å². The Hall–Kier alpha value is -2.69. The third-order valence-electron chi connectivity index (χ3n) is 2.44. The van der Waals surface area contributed by atoms with Crippen LogP contribution < -0.4 is 9.47 Å². The molecule has 0 aliphatic heterocycles. The molecule has 1 aromatic carbocycles. The van der Waals surface area contributed by atoms with E-state index >= 15 is 0 Å². The summed E-state index contributed by atoms with van der Waals surface area (Å²) in [5, 5.41) is 0. The highest BCUT2D eigenvalue weighted by molar-refractivity contribution is 6.02. The minimum Gasteiger partial charge on any atom is -0.422 e. The number of benzene rings is 1. The average Bonchev–Trinajstić information content (AvgIpc) is 2.38. The number of hydrogen-bond acceptors (Lipinski definition) is 5. The highest BCUT2D eigenvalue weighted by Crippen LogP contribution is 2.30. The third kappa shape index (κ3) is 4.14. The van der Waals surface area contributed by atoms with Crippen LogP contribution in [0.2, 0.25) is 0 Å². The van der Waals surface area contributed by atoms with E-state index < -0.39 is 17.7 Å². The van der Waals surface area contributed by atoms with Crippen LogP contribution >= 0.6 is 0 Å². The van der Waals surface area contributed by atoms with Gasteiger partial charge in [-0.15, -0.1) is 0 Å². The van der Waals surface area contributed by atoms with E-state index in [-0.39, 0.29) is 28.2 Å². The molecule has 0 unspecified atom stereocenters. The molecule has 0 spiro atoms. The monoisotopic (exact) mass is 288 g/mol. The van der Waals surface area contributed by atoms with Gasteiger partial charge in [-0.25, -0.2) is 9.59 Å². The van der Waals surface area contributed by atoms with E-state index in [1.54, 1.807) is 0 Å². The molecule has 0 N–H and O–H groups in total. The van der Waals surface area contributed by atoms with E-state index in [0.29, 0.717) is 0 Å². The van der Waals surface area contributed by atoms with Gasteiger partial charge in [-0.05, 0) is 32.9 Å². The molecule has 110 valence electrons. The van der Waals surface area contributed by atoms with E-state index in [2.05, 4.69) is 13.2 Å². The maximum absolute atomic E-state index is 11.8. The van der Waals surface area contributed by atoms with Crippen molar-refractivity contribution in [3.63, 3.8) is 0 Å². The molecule has 0 bridgehead atoms. The quantitative estimate of drug-likeness (QED) is 0.360. The number of Topliss-reactive ketones (excluding diaryl/α,β-unsaturated/α-hetero) is 1. The first-order valence-electron chi connectivity index (χ1n) is 6.13. The standard InChI is InChI=1S/C16H16O5/c1-9(2)15(18)20-12-7-6-8-13(14(12)11(5)17)21-16(19)10(3)4/h6-8H,1,3H2,2,4-5H3. The van der Waals surface area contributed by atoms with E-state index in [1.807, 2.05) is 0 Å². The van der Waals surface area contributed by atoms with Crippen molar-refractivity contribution in [2.45, 2.75) is 20.8 Å². The van der Waals surface area contributed by atoms with E-state index in [4.69, 9.17) is 9.47 Å². The van der Waals surface area contributed by atoms with Gasteiger partial charge in [0.15, 0.2) is 5.78 Å². The second-order valence-electron chi connectivity index (χ2n) is 4.53. The van der Waals surface area contributed by atoms with Crippen LogP contribution in [0.4, 0.5) is 0 Å². The Balaban J connectivity index is 3.24. The topological polar surface area (TPSA) is 69.7 Å². The summed E-state index contributed by atoms with van der Waals surface area (Å²) >= 11 is 0. The highest BCUT2D eigenvalue weighted by atomic mass is 16.5. The Morgan fingerprint density at radius 1 is 0.857 bits per heavy atom. The largest absolute Gasteiger partial charge is 0.422 e. The minimum atomic E-state index is -0.666. The summed E-state index contributed by atoms with van der Waals surface area (Å²) in [6.45, 7) is 11.2. The van der Waals surface area contributed by atoms with Crippen LogP contribution in [0.15, 0.2) is 42.5 Å². The van der Waals surface area contributed by atoms with Gasteiger partial charge in [0.2, 0.25) is 0 Å². The van der Waals surface area contributed by atoms with E-state index in [0.717, 1.165) is 0 Å². The van der Waals surface area contributed by atoms with Gasteiger partial charge in [-0.1, -0.05) is 19.2 Å². The average molecular weight is 288 g/mol. The molecule has 0 aromatic heterocycles. The van der Waals surface area contributed by atoms with Gasteiger partial charge in [0.1, 0.15) is 17.1 Å². The van der Waals surface area contributed by atoms with E-state index in [9.17, 15) is 14.4 Å². The zero-order valence-electron chi connectivity index (χ0n) is 12.2. The van der Waals surface area contributed by atoms with Crippen LogP contribution in [0.5, 0.6) is 11.5 Å². The van der Waals surface area contributed by atoms with Crippen molar-refractivity contribution in [2.75, 3.05) is 0 Å². The number of ketones is 1. The molecule has 1 rings (SSSR count). The van der Waals surface area contributed by atoms with Crippen LogP contribution in [0.1, 0.15) is 31.1 Å². The van der Waals surface area contributed by atoms with Crippen LogP contribution in [-0.4, -0.2) is 17.7 Å². The summed E-state index contributed by atoms with van der Waals surface area (Å²) in [7, 11) is 0. The predicted octanol–water partition coefficient (Wildman–Crippen LogP) is 2.85. The van der Waals surface area contributed by atoms with Crippen LogP contribution in [0.3, 0.4) is 0 Å². The van der Waals surface area contributed by atoms with Crippen molar-refractivity contribution in [3.8, 4) is 11.5 Å². The van der Waals surface area contributed by atoms with Crippen LogP contribution in [0.25, 0.3) is 0 Å². The lowest BCUT2D eigenvalue weighted by atomic mass is 10.1. The SMILES string of the molecule is C=C(C)C(=O)Oc1cccc(OC(=O)C(=C)C)c1C(C)=O. The normalized spacial score (nSPS) is 9.67. The van der Waals surface area contributed by atoms with Crippen LogP contribution in [0, 0.1) is 0 Å². The Bertz CT molecular complexity index is 594. The molecule has 0 heterocycles. The molecule has 0 saturated carbocycles. The van der Waals surface area contributed by atoms with Gasteiger partial charge in [0, 0.05) is 11.1 Å². The fourth-order valence-electron chi connectivity index (χ4n) is 1.40. The molecule has 0 fully saturated rings. The van der Waals surface area contributed by atoms with Crippen molar-refractivity contribution in [1.82, 2.24) is 0 Å². The van der Waals surface area contributed by atoms with Gasteiger partial charge in [-0.3, -0.25) is 4.79 Å². The van der Waals surface area contributed by atoms with Crippen molar-refractivity contribution in [2.24, 2.45) is 0 Å². The Morgan fingerprint density at radius 3 is 1.52 bits per heavy atom. The molecular formula is C16H16O5. The summed E-state index contributed by atoms with van der Waals surface area (Å²) in [4.78, 5) is 34.9. The summed E-state index contributed by atoms with van der Waals surface area (Å²) < 4.78 is 10.2. The fraction of sp³-hybridized carbons (Fsp3) is 0.188. The number of hydrogen-bond donors (Lipinski definition) is 0. The molecule has 0 saturated heterocycles. The first-order chi connectivity index (χ1) is 9.73. The molecule has 0 radical (unpaired) electrons. The van der Waals surface area contributed by atoms with Crippen molar-refractivity contribution in [3.05, 3.63) is 48.1 Å². The minimum absolute atomic E-state index is 0.0155. The van der Waals surface area contributed by atoms with Crippen LogP contribution in [-0.2, 0) is 9.59 Å². The number of carbonyl (C=O) groups excluding carboxylic acids is 3. The molecule has 5 nitrogen and oxygen atoms in total. The Kier molecular flexibility index (Phi) is 5.18. The first-order valence-corrected chi connectivity index (χ1v) is 6.13. The second kappa shape index (κ2) is 6.65. The molecule has 0 amide bonds. The lowest BCUT2D eigenvalue weighted by Crippen LogP contribution is -2.14. The van der Waals surface area contributed by atoms with Crippen molar-refractivity contribution < 1.29 is 23.9 Å². The summed E-state index contributed by atoms with van der Waals surface area (Å²) in [6, 6.07) is 4.39. The molecular weight excluding hydrogens is 272 g/mol. The maximum Gasteiger partial charge on any atom is 0.338 e. The zero-order valence-corrected chi connectivity index (χ0v) is 12.2. The molecule has 0 aliphatic carbocycles. The highest BCUT2D eigenvalue weighted by Gasteiger charge is 2.20. The van der Waals surface area contributed by atoms with Crippen molar-refractivity contribution in [1.29, 1.82) is 0 Å². The van der Waals surface area contributed by atoms with Gasteiger partial charge in [0.05, 0.1) is 0 Å². The fourth-order valence-corrected chi connectivity index (χ4v) is 1.40. The van der Waals surface area contributed by atoms with Gasteiger partial charge in [0.25, 0.3) is 0 Å². The predicted molar refractivity (Wildman–Crippen MR) is 77.3 cm³/mol. The van der Waals surface area contributed by atoms with E-state index in [1.165, 1.54) is 39.0 Å². The second-order valence-corrected chi connectivity index (χ2v) is 4.53. The maximum atomic E-state index is 11.8. The van der Waals surface area contributed by atoms with Crippen molar-refractivity contribution >= 4 is 17.7 Å². The lowest BCUT2D eigenvalue weighted by Gasteiger charge is -2.12. The molecule has 1 aromatic rings. The Labute approximate surface area is 122 Å². The third-order valence-corrected chi connectivity index (χ3v) is 2.44. The number of rotatable bonds is 5. The molecule has 0 atom stereocenters. The van der Waals surface area contributed by atoms with Gasteiger partial charge in [-0.2, -0.15) is 0 Å². The van der Waals surface area contributed by atoms with Gasteiger partial charge >= 0.3 is 11.9 Å². The number of ether oxygens (including phenoxy) is 2. The lowest BCUT2D eigenvalue weighted by molar-refractivity contribution is -0.130. The molecule has 0 aliphatic rings. The summed E-state index contributed by atoms with van der Waals surface area (Å²) in [5.74, 6) is -1.70. The number of carbonyl (C=O) groups is 3. The molecule has 21 heavy (non-hydrogen) atoms. The smallest absolute Gasteiger partial charge is 0.338 e. The number of esters is 2. The molecule has 5 heteroatoms. The summed E-state index contributed by atoms with van der Waals surface area (Å²) in [5.41, 5.74) is 0.393. The summed E-state index contributed by atoms with van der Waals surface area (Å²) in [6.07, 6.45) is 0.